The summed E-state index contributed by atoms with van der Waals surface area (Å²) in [6.45, 7) is 3.35. The van der Waals surface area contributed by atoms with Crippen molar-refractivity contribution in [1.82, 2.24) is 5.32 Å². The quantitative estimate of drug-likeness (QED) is 0.814. The van der Waals surface area contributed by atoms with E-state index in [0.717, 1.165) is 18.9 Å². The number of phenolic OH excluding ortho intramolecular Hbond substituents is 1. The van der Waals surface area contributed by atoms with E-state index in [9.17, 15) is 5.11 Å². The molecule has 1 saturated carbocycles. The molecule has 1 unspecified atom stereocenters. The van der Waals surface area contributed by atoms with E-state index in [-0.39, 0.29) is 0 Å². The maximum absolute atomic E-state index is 9.29. The number of nitrogens with one attached hydrogen (secondary N) is 1. The van der Waals surface area contributed by atoms with E-state index in [1.165, 1.54) is 31.2 Å². The number of hydrogen-bond acceptors (Lipinski definition) is 2. The van der Waals surface area contributed by atoms with Crippen molar-refractivity contribution in [2.45, 2.75) is 45.1 Å². The Bertz CT molecular complexity index is 327. The molecule has 0 spiro atoms. The standard InChI is InChI=1S/C15H23NO/c1-2-15(13-7-9-14(17)10-8-13)16-11-12-5-3-4-6-12/h7-10,12,15-17H,2-6,11H2,1H3. The van der Waals surface area contributed by atoms with Gasteiger partial charge in [-0.1, -0.05) is 31.9 Å². The van der Waals surface area contributed by atoms with Crippen LogP contribution < -0.4 is 5.32 Å². The van der Waals surface area contributed by atoms with Crippen molar-refractivity contribution in [2.75, 3.05) is 6.54 Å². The van der Waals surface area contributed by atoms with E-state index in [4.69, 9.17) is 0 Å². The molecule has 0 saturated heterocycles. The van der Waals surface area contributed by atoms with Crippen LogP contribution in [0.3, 0.4) is 0 Å². The summed E-state index contributed by atoms with van der Waals surface area (Å²) in [5, 5.41) is 13.0. The number of phenols is 1. The minimum atomic E-state index is 0.347. The predicted octanol–water partition coefficient (Wildman–Crippen LogP) is 3.62. The van der Waals surface area contributed by atoms with Crippen LogP contribution in [0.1, 0.15) is 50.6 Å². The second-order valence-electron chi connectivity index (χ2n) is 5.11. The van der Waals surface area contributed by atoms with Crippen LogP contribution in [-0.4, -0.2) is 11.7 Å². The van der Waals surface area contributed by atoms with Crippen molar-refractivity contribution in [2.24, 2.45) is 5.92 Å². The molecule has 2 rings (SSSR count). The molecule has 0 heterocycles. The second kappa shape index (κ2) is 6.06. The zero-order valence-electron chi connectivity index (χ0n) is 10.7. The van der Waals surface area contributed by atoms with Gasteiger partial charge in [0.15, 0.2) is 0 Å². The van der Waals surface area contributed by atoms with Gasteiger partial charge in [0.2, 0.25) is 0 Å². The maximum Gasteiger partial charge on any atom is 0.115 e. The highest BCUT2D eigenvalue weighted by Crippen LogP contribution is 2.25. The van der Waals surface area contributed by atoms with E-state index >= 15 is 0 Å². The van der Waals surface area contributed by atoms with E-state index in [2.05, 4.69) is 12.2 Å². The summed E-state index contributed by atoms with van der Waals surface area (Å²) in [5.74, 6) is 1.22. The summed E-state index contributed by atoms with van der Waals surface area (Å²) >= 11 is 0. The largest absolute Gasteiger partial charge is 0.508 e. The Morgan fingerprint density at radius 2 is 1.88 bits per heavy atom. The fourth-order valence-corrected chi connectivity index (χ4v) is 2.73. The van der Waals surface area contributed by atoms with Gasteiger partial charge in [-0.2, -0.15) is 0 Å². The monoisotopic (exact) mass is 233 g/mol. The van der Waals surface area contributed by atoms with Crippen LogP contribution in [0, 0.1) is 5.92 Å². The Morgan fingerprint density at radius 1 is 1.24 bits per heavy atom. The van der Waals surface area contributed by atoms with Crippen LogP contribution in [-0.2, 0) is 0 Å². The smallest absolute Gasteiger partial charge is 0.115 e. The zero-order chi connectivity index (χ0) is 12.1. The second-order valence-corrected chi connectivity index (χ2v) is 5.11. The molecule has 17 heavy (non-hydrogen) atoms. The number of hydrogen-bond donors (Lipinski definition) is 2. The van der Waals surface area contributed by atoms with E-state index in [1.54, 1.807) is 12.1 Å². The molecule has 2 heteroatoms. The third-order valence-corrected chi connectivity index (χ3v) is 3.83. The van der Waals surface area contributed by atoms with Crippen molar-refractivity contribution in [3.05, 3.63) is 29.8 Å². The van der Waals surface area contributed by atoms with Crippen LogP contribution in [0.25, 0.3) is 0 Å². The Balaban J connectivity index is 1.89. The van der Waals surface area contributed by atoms with Crippen LogP contribution in [0.5, 0.6) is 5.75 Å². The van der Waals surface area contributed by atoms with Crippen molar-refractivity contribution in [1.29, 1.82) is 0 Å². The lowest BCUT2D eigenvalue weighted by Gasteiger charge is -2.20. The average Bonchev–Trinajstić information content (AvgIpc) is 2.85. The van der Waals surface area contributed by atoms with Gasteiger partial charge >= 0.3 is 0 Å². The Hall–Kier alpha value is -1.02. The SMILES string of the molecule is CCC(NCC1CCCC1)c1ccc(O)cc1. The molecule has 1 aromatic carbocycles. The van der Waals surface area contributed by atoms with Crippen LogP contribution in [0.4, 0.5) is 0 Å². The first-order valence-corrected chi connectivity index (χ1v) is 6.82. The van der Waals surface area contributed by atoms with Gasteiger partial charge in [0.1, 0.15) is 5.75 Å². The molecule has 1 atom stereocenters. The molecule has 2 N–H and O–H groups in total. The van der Waals surface area contributed by atoms with Crippen molar-refractivity contribution >= 4 is 0 Å². The van der Waals surface area contributed by atoms with Gasteiger partial charge in [0.05, 0.1) is 0 Å². The highest BCUT2D eigenvalue weighted by atomic mass is 16.3. The lowest BCUT2D eigenvalue weighted by atomic mass is 10.0. The summed E-state index contributed by atoms with van der Waals surface area (Å²) in [6.07, 6.45) is 6.68. The minimum Gasteiger partial charge on any atom is -0.508 e. The molecular formula is C15H23NO. The van der Waals surface area contributed by atoms with Crippen molar-refractivity contribution in [3.8, 4) is 5.75 Å². The lowest BCUT2D eigenvalue weighted by molar-refractivity contribution is 0.430. The molecule has 2 nitrogen and oxygen atoms in total. The summed E-state index contributed by atoms with van der Waals surface area (Å²) < 4.78 is 0. The average molecular weight is 233 g/mol. The third-order valence-electron chi connectivity index (χ3n) is 3.83. The van der Waals surface area contributed by atoms with Crippen LogP contribution in [0.2, 0.25) is 0 Å². The lowest BCUT2D eigenvalue weighted by Crippen LogP contribution is -2.26. The first kappa shape index (κ1) is 12.4. The molecule has 0 aromatic heterocycles. The zero-order valence-corrected chi connectivity index (χ0v) is 10.7. The first-order chi connectivity index (χ1) is 8.29. The summed E-state index contributed by atoms with van der Waals surface area (Å²) in [4.78, 5) is 0. The molecule has 1 aliphatic rings. The summed E-state index contributed by atoms with van der Waals surface area (Å²) in [6, 6.07) is 8.01. The third kappa shape index (κ3) is 3.47. The molecule has 1 aliphatic carbocycles. The molecule has 1 aromatic rings. The minimum absolute atomic E-state index is 0.347. The van der Waals surface area contributed by atoms with E-state index < -0.39 is 0 Å². The fourth-order valence-electron chi connectivity index (χ4n) is 2.73. The highest BCUT2D eigenvalue weighted by molar-refractivity contribution is 5.27. The maximum atomic E-state index is 9.29. The predicted molar refractivity (Wildman–Crippen MR) is 71.1 cm³/mol. The van der Waals surface area contributed by atoms with Gasteiger partial charge in [0, 0.05) is 6.04 Å². The Labute approximate surface area is 104 Å². The topological polar surface area (TPSA) is 32.3 Å². The normalized spacial score (nSPS) is 18.4. The van der Waals surface area contributed by atoms with Gasteiger partial charge in [-0.3, -0.25) is 0 Å². The highest BCUT2D eigenvalue weighted by Gasteiger charge is 2.16. The van der Waals surface area contributed by atoms with Crippen LogP contribution >= 0.6 is 0 Å². The summed E-state index contributed by atoms with van der Waals surface area (Å²) in [5.41, 5.74) is 1.28. The molecule has 0 aliphatic heterocycles. The van der Waals surface area contributed by atoms with Gasteiger partial charge in [0.25, 0.3) is 0 Å². The molecule has 94 valence electrons. The summed E-state index contributed by atoms with van der Waals surface area (Å²) in [7, 11) is 0. The van der Waals surface area contributed by atoms with Gasteiger partial charge in [-0.15, -0.1) is 0 Å². The number of benzene rings is 1. The van der Waals surface area contributed by atoms with Gasteiger partial charge < -0.3 is 10.4 Å². The van der Waals surface area contributed by atoms with Crippen LogP contribution in [0.15, 0.2) is 24.3 Å². The van der Waals surface area contributed by atoms with E-state index in [1.807, 2.05) is 12.1 Å². The molecule has 0 amide bonds. The molecule has 0 radical (unpaired) electrons. The molecule has 1 fully saturated rings. The Morgan fingerprint density at radius 3 is 2.47 bits per heavy atom. The molecular weight excluding hydrogens is 210 g/mol. The Kier molecular flexibility index (Phi) is 4.43. The van der Waals surface area contributed by atoms with E-state index in [0.29, 0.717) is 11.8 Å². The molecule has 0 bridgehead atoms. The van der Waals surface area contributed by atoms with Crippen molar-refractivity contribution in [3.63, 3.8) is 0 Å². The van der Waals surface area contributed by atoms with Crippen molar-refractivity contribution < 1.29 is 5.11 Å². The van der Waals surface area contributed by atoms with Gasteiger partial charge in [-0.25, -0.2) is 0 Å². The first-order valence-electron chi connectivity index (χ1n) is 6.82. The number of rotatable bonds is 5. The van der Waals surface area contributed by atoms with Gasteiger partial charge in [-0.05, 0) is 49.4 Å². The fraction of sp³-hybridized carbons (Fsp3) is 0.600. The number of aromatic hydroxyl groups is 1.